The Morgan fingerprint density at radius 1 is 1.04 bits per heavy atom. The molecule has 1 N–H and O–H groups in total. The van der Waals surface area contributed by atoms with Gasteiger partial charge >= 0.3 is 0 Å². The lowest BCUT2D eigenvalue weighted by Crippen LogP contribution is -2.41. The molecule has 128 valence electrons. The fourth-order valence-corrected chi connectivity index (χ4v) is 5.47. The molecule has 1 saturated carbocycles. The molecular formula is C21H21NOS2. The standard InChI is InChI=1S/C21H21NOS2/c23-20(21(10-3-4-11-21)19-8-5-12-25-19)22-14-16-6-1-2-7-18(16)17-9-13-24-15-17/h1-2,5-9,12-13,15H,3-4,10-11,14H2,(H,22,23). The number of carbonyl (C=O) groups excluding carboxylic acids is 1. The normalized spacial score (nSPS) is 16.0. The highest BCUT2D eigenvalue weighted by Gasteiger charge is 2.43. The number of thiophene rings is 2. The van der Waals surface area contributed by atoms with Crippen molar-refractivity contribution >= 4 is 28.6 Å². The van der Waals surface area contributed by atoms with E-state index in [1.807, 2.05) is 6.07 Å². The van der Waals surface area contributed by atoms with Gasteiger partial charge in [-0.25, -0.2) is 0 Å². The Morgan fingerprint density at radius 2 is 1.88 bits per heavy atom. The number of rotatable bonds is 5. The van der Waals surface area contributed by atoms with Crippen molar-refractivity contribution in [2.24, 2.45) is 0 Å². The average molecular weight is 368 g/mol. The van der Waals surface area contributed by atoms with E-state index in [2.05, 4.69) is 57.9 Å². The van der Waals surface area contributed by atoms with Gasteiger partial charge in [-0.3, -0.25) is 4.79 Å². The molecule has 1 fully saturated rings. The predicted octanol–water partition coefficient (Wildman–Crippen LogP) is 5.60. The molecule has 2 heterocycles. The van der Waals surface area contributed by atoms with E-state index in [9.17, 15) is 4.79 Å². The van der Waals surface area contributed by atoms with Crippen molar-refractivity contribution in [1.29, 1.82) is 0 Å². The first-order valence-electron chi connectivity index (χ1n) is 8.72. The highest BCUT2D eigenvalue weighted by atomic mass is 32.1. The molecule has 0 aliphatic heterocycles. The zero-order valence-electron chi connectivity index (χ0n) is 14.0. The summed E-state index contributed by atoms with van der Waals surface area (Å²) < 4.78 is 0. The summed E-state index contributed by atoms with van der Waals surface area (Å²) in [5.41, 5.74) is 3.30. The van der Waals surface area contributed by atoms with Gasteiger partial charge in [-0.15, -0.1) is 11.3 Å². The maximum atomic E-state index is 13.1. The van der Waals surface area contributed by atoms with Crippen LogP contribution in [0.5, 0.6) is 0 Å². The van der Waals surface area contributed by atoms with E-state index < -0.39 is 0 Å². The molecule has 1 aliphatic rings. The van der Waals surface area contributed by atoms with E-state index in [4.69, 9.17) is 0 Å². The van der Waals surface area contributed by atoms with Crippen molar-refractivity contribution in [2.75, 3.05) is 0 Å². The molecule has 25 heavy (non-hydrogen) atoms. The van der Waals surface area contributed by atoms with Gasteiger partial charge in [-0.05, 0) is 57.8 Å². The molecular weight excluding hydrogens is 346 g/mol. The van der Waals surface area contributed by atoms with Crippen LogP contribution in [0.4, 0.5) is 0 Å². The van der Waals surface area contributed by atoms with E-state index in [-0.39, 0.29) is 11.3 Å². The smallest absolute Gasteiger partial charge is 0.231 e. The molecule has 4 rings (SSSR count). The summed E-state index contributed by atoms with van der Waals surface area (Å²) in [6, 6.07) is 14.7. The molecule has 0 radical (unpaired) electrons. The van der Waals surface area contributed by atoms with Crippen molar-refractivity contribution in [3.63, 3.8) is 0 Å². The number of hydrogen-bond acceptors (Lipinski definition) is 3. The van der Waals surface area contributed by atoms with E-state index in [0.29, 0.717) is 6.54 Å². The zero-order chi connectivity index (χ0) is 17.1. The van der Waals surface area contributed by atoms with Gasteiger partial charge in [0, 0.05) is 11.4 Å². The number of benzene rings is 1. The summed E-state index contributed by atoms with van der Waals surface area (Å²) in [5.74, 6) is 0.188. The SMILES string of the molecule is O=C(NCc1ccccc1-c1ccsc1)C1(c2cccs2)CCCC1. The topological polar surface area (TPSA) is 29.1 Å². The van der Waals surface area contributed by atoms with E-state index in [1.165, 1.54) is 21.6 Å². The van der Waals surface area contributed by atoms with Gasteiger partial charge in [-0.2, -0.15) is 11.3 Å². The first kappa shape index (κ1) is 16.6. The highest BCUT2D eigenvalue weighted by molar-refractivity contribution is 7.10. The Bertz CT molecular complexity index is 831. The molecule has 0 saturated heterocycles. The monoisotopic (exact) mass is 367 g/mol. The molecule has 2 nitrogen and oxygen atoms in total. The van der Waals surface area contributed by atoms with E-state index in [0.717, 1.165) is 25.7 Å². The fourth-order valence-electron chi connectivity index (χ4n) is 3.83. The Kier molecular flexibility index (Phi) is 4.73. The van der Waals surface area contributed by atoms with Crippen LogP contribution in [0.15, 0.2) is 58.6 Å². The lowest BCUT2D eigenvalue weighted by atomic mass is 9.83. The molecule has 0 bridgehead atoms. The van der Waals surface area contributed by atoms with Crippen LogP contribution in [0.3, 0.4) is 0 Å². The van der Waals surface area contributed by atoms with Gasteiger partial charge in [0.2, 0.25) is 5.91 Å². The molecule has 1 aliphatic carbocycles. The molecule has 2 aromatic heterocycles. The minimum atomic E-state index is -0.314. The minimum absolute atomic E-state index is 0.188. The summed E-state index contributed by atoms with van der Waals surface area (Å²) in [6.07, 6.45) is 4.20. The van der Waals surface area contributed by atoms with Crippen molar-refractivity contribution in [3.8, 4) is 11.1 Å². The molecule has 0 spiro atoms. The molecule has 1 amide bonds. The van der Waals surface area contributed by atoms with Crippen molar-refractivity contribution < 1.29 is 4.79 Å². The first-order valence-corrected chi connectivity index (χ1v) is 10.5. The highest BCUT2D eigenvalue weighted by Crippen LogP contribution is 2.43. The average Bonchev–Trinajstić information content (AvgIpc) is 3.42. The second-order valence-corrected chi connectivity index (χ2v) is 8.35. The van der Waals surface area contributed by atoms with Gasteiger partial charge in [0.15, 0.2) is 0 Å². The van der Waals surface area contributed by atoms with Crippen LogP contribution in [-0.2, 0) is 16.8 Å². The van der Waals surface area contributed by atoms with E-state index >= 15 is 0 Å². The van der Waals surface area contributed by atoms with Gasteiger partial charge in [0.25, 0.3) is 0 Å². The second kappa shape index (κ2) is 7.14. The lowest BCUT2D eigenvalue weighted by Gasteiger charge is -2.26. The first-order chi connectivity index (χ1) is 12.3. The number of carbonyl (C=O) groups is 1. The van der Waals surface area contributed by atoms with Crippen LogP contribution >= 0.6 is 22.7 Å². The summed E-state index contributed by atoms with van der Waals surface area (Å²) in [5, 5.41) is 9.57. The van der Waals surface area contributed by atoms with Crippen molar-refractivity contribution in [1.82, 2.24) is 5.32 Å². The van der Waals surface area contributed by atoms with Gasteiger partial charge in [0.1, 0.15) is 0 Å². The lowest BCUT2D eigenvalue weighted by molar-refractivity contribution is -0.126. The van der Waals surface area contributed by atoms with Crippen LogP contribution in [-0.4, -0.2) is 5.91 Å². The summed E-state index contributed by atoms with van der Waals surface area (Å²) in [7, 11) is 0. The van der Waals surface area contributed by atoms with Crippen molar-refractivity contribution in [2.45, 2.75) is 37.6 Å². The van der Waals surface area contributed by atoms with E-state index in [1.54, 1.807) is 22.7 Å². The number of hydrogen-bond donors (Lipinski definition) is 1. The molecule has 4 heteroatoms. The largest absolute Gasteiger partial charge is 0.351 e. The van der Waals surface area contributed by atoms with Crippen LogP contribution in [0.2, 0.25) is 0 Å². The van der Waals surface area contributed by atoms with Gasteiger partial charge in [-0.1, -0.05) is 43.2 Å². The Morgan fingerprint density at radius 3 is 2.60 bits per heavy atom. The fraction of sp³-hybridized carbons (Fsp3) is 0.286. The van der Waals surface area contributed by atoms with Gasteiger partial charge < -0.3 is 5.32 Å². The zero-order valence-corrected chi connectivity index (χ0v) is 15.7. The summed E-state index contributed by atoms with van der Waals surface area (Å²) in [6.45, 7) is 0.581. The minimum Gasteiger partial charge on any atom is -0.351 e. The Labute approximate surface area is 156 Å². The van der Waals surface area contributed by atoms with Crippen LogP contribution < -0.4 is 5.32 Å². The number of amides is 1. The third kappa shape index (κ3) is 3.16. The Hall–Kier alpha value is -1.91. The van der Waals surface area contributed by atoms with Gasteiger partial charge in [0.05, 0.1) is 5.41 Å². The third-order valence-corrected chi connectivity index (χ3v) is 6.93. The van der Waals surface area contributed by atoms with Crippen LogP contribution in [0, 0.1) is 0 Å². The maximum absolute atomic E-state index is 13.1. The molecule has 0 unspecified atom stereocenters. The summed E-state index contributed by atoms with van der Waals surface area (Å²) >= 11 is 3.41. The molecule has 1 aromatic carbocycles. The summed E-state index contributed by atoms with van der Waals surface area (Å²) in [4.78, 5) is 14.4. The van der Waals surface area contributed by atoms with Crippen molar-refractivity contribution in [3.05, 3.63) is 69.0 Å². The quantitative estimate of drug-likeness (QED) is 0.624. The molecule has 0 atom stereocenters. The number of nitrogens with one attached hydrogen (secondary N) is 1. The van der Waals surface area contributed by atoms with Crippen LogP contribution in [0.1, 0.15) is 36.1 Å². The van der Waals surface area contributed by atoms with Crippen LogP contribution in [0.25, 0.3) is 11.1 Å². The predicted molar refractivity (Wildman–Crippen MR) is 106 cm³/mol. The maximum Gasteiger partial charge on any atom is 0.231 e. The molecule has 3 aromatic rings. The Balaban J connectivity index is 1.55. The third-order valence-electron chi connectivity index (χ3n) is 5.17. The second-order valence-electron chi connectivity index (χ2n) is 6.62.